The second-order valence-corrected chi connectivity index (χ2v) is 9.18. The minimum atomic E-state index is -3.52. The summed E-state index contributed by atoms with van der Waals surface area (Å²) in [6.45, 7) is 4.67. The number of nitrogens with one attached hydrogen (secondary N) is 1. The fourth-order valence-electron chi connectivity index (χ4n) is 2.00. The van der Waals surface area contributed by atoms with Crippen LogP contribution in [0.4, 0.5) is 0 Å². The summed E-state index contributed by atoms with van der Waals surface area (Å²) in [5.74, 6) is 0.515. The first kappa shape index (κ1) is 19.1. The van der Waals surface area contributed by atoms with E-state index < -0.39 is 10.0 Å². The largest absolute Gasteiger partial charge is 0.305 e. The van der Waals surface area contributed by atoms with Crippen molar-refractivity contribution in [3.63, 3.8) is 0 Å². The van der Waals surface area contributed by atoms with Crippen molar-refractivity contribution in [3.8, 4) is 0 Å². The molecule has 0 bridgehead atoms. The molecule has 0 aliphatic rings. The third-order valence-corrected chi connectivity index (χ3v) is 6.06. The van der Waals surface area contributed by atoms with Gasteiger partial charge in [-0.2, -0.15) is 0 Å². The van der Waals surface area contributed by atoms with Gasteiger partial charge in [0.2, 0.25) is 10.0 Å². The van der Waals surface area contributed by atoms with Gasteiger partial charge in [-0.05, 0) is 60.6 Å². The highest BCUT2D eigenvalue weighted by Gasteiger charge is 2.21. The number of hydrogen-bond acceptors (Lipinski definition) is 3. The van der Waals surface area contributed by atoms with E-state index in [4.69, 9.17) is 0 Å². The summed E-state index contributed by atoms with van der Waals surface area (Å²) in [6.07, 6.45) is 0.941. The van der Waals surface area contributed by atoms with Crippen LogP contribution in [0.2, 0.25) is 0 Å². The van der Waals surface area contributed by atoms with Gasteiger partial charge in [0.15, 0.2) is 0 Å². The lowest BCUT2D eigenvalue weighted by atomic mass is 10.0. The third kappa shape index (κ3) is 5.98. The maximum Gasteiger partial charge on any atom is 0.241 e. The summed E-state index contributed by atoms with van der Waals surface area (Å²) in [5.41, 5.74) is 0. The summed E-state index contributed by atoms with van der Waals surface area (Å²) in [4.78, 5) is 2.31. The number of nitrogens with zero attached hydrogens (tertiary/aromatic N) is 1. The van der Waals surface area contributed by atoms with Crippen molar-refractivity contribution >= 4 is 41.9 Å². The number of hydrogen-bond donors (Lipinski definition) is 1. The molecular formula is C14H22Br2N2O2S. The molecule has 1 aromatic rings. The Kier molecular flexibility index (Phi) is 7.33. The van der Waals surface area contributed by atoms with Crippen LogP contribution in [-0.4, -0.2) is 40.0 Å². The van der Waals surface area contributed by atoms with Crippen molar-refractivity contribution in [2.24, 2.45) is 5.92 Å². The minimum Gasteiger partial charge on any atom is -0.305 e. The van der Waals surface area contributed by atoms with Gasteiger partial charge in [0.1, 0.15) is 0 Å². The predicted octanol–water partition coefficient (Wildman–Crippen LogP) is 3.47. The van der Waals surface area contributed by atoms with Crippen LogP contribution in [-0.2, 0) is 10.0 Å². The molecule has 0 aliphatic heterocycles. The van der Waals surface area contributed by atoms with Crippen molar-refractivity contribution in [3.05, 3.63) is 27.1 Å². The Morgan fingerprint density at radius 1 is 1.24 bits per heavy atom. The van der Waals surface area contributed by atoms with Crippen LogP contribution in [0.3, 0.4) is 0 Å². The van der Waals surface area contributed by atoms with Crippen LogP contribution < -0.4 is 4.72 Å². The summed E-state index contributed by atoms with van der Waals surface area (Å²) >= 11 is 6.62. The fourth-order valence-corrected chi connectivity index (χ4v) is 4.81. The number of likely N-dealkylation sites (N-methyl/N-ethyl adjacent to an activating group) is 1. The van der Waals surface area contributed by atoms with Crippen molar-refractivity contribution < 1.29 is 8.42 Å². The second-order valence-electron chi connectivity index (χ2n) is 5.67. The summed E-state index contributed by atoms with van der Waals surface area (Å²) in [5, 5.41) is 0. The Labute approximate surface area is 144 Å². The number of benzene rings is 1. The molecule has 0 saturated carbocycles. The Hall–Kier alpha value is 0.0500. The Morgan fingerprint density at radius 3 is 2.33 bits per heavy atom. The first-order chi connectivity index (χ1) is 9.63. The van der Waals surface area contributed by atoms with Crippen molar-refractivity contribution in [2.45, 2.75) is 31.2 Å². The number of halogens is 2. The van der Waals surface area contributed by atoms with Gasteiger partial charge in [-0.3, -0.25) is 0 Å². The lowest BCUT2D eigenvalue weighted by molar-refractivity contribution is 0.255. The van der Waals surface area contributed by atoms with Gasteiger partial charge in [-0.1, -0.05) is 29.8 Å². The van der Waals surface area contributed by atoms with Gasteiger partial charge >= 0.3 is 0 Å². The van der Waals surface area contributed by atoms with Gasteiger partial charge in [-0.15, -0.1) is 0 Å². The smallest absolute Gasteiger partial charge is 0.241 e. The van der Waals surface area contributed by atoms with E-state index >= 15 is 0 Å². The number of sulfonamides is 1. The summed E-state index contributed by atoms with van der Waals surface area (Å²) in [6, 6.07) is 5.21. The molecule has 0 spiro atoms. The zero-order valence-electron chi connectivity index (χ0n) is 12.7. The molecule has 4 nitrogen and oxygen atoms in total. The minimum absolute atomic E-state index is 0.175. The third-order valence-electron chi connectivity index (χ3n) is 3.17. The highest BCUT2D eigenvalue weighted by atomic mass is 79.9. The van der Waals surface area contributed by atoms with Crippen molar-refractivity contribution in [2.75, 3.05) is 20.6 Å². The molecular weight excluding hydrogens is 420 g/mol. The first-order valence-electron chi connectivity index (χ1n) is 6.74. The maximum atomic E-state index is 12.4. The zero-order chi connectivity index (χ0) is 16.2. The van der Waals surface area contributed by atoms with E-state index in [1.54, 1.807) is 18.2 Å². The van der Waals surface area contributed by atoms with Crippen LogP contribution >= 0.6 is 31.9 Å². The quantitative estimate of drug-likeness (QED) is 0.704. The van der Waals surface area contributed by atoms with Crippen LogP contribution in [0, 0.1) is 5.92 Å². The Bertz CT molecular complexity index is 574. The van der Waals surface area contributed by atoms with Gasteiger partial charge in [0.05, 0.1) is 4.90 Å². The van der Waals surface area contributed by atoms with Crippen molar-refractivity contribution in [1.82, 2.24) is 9.62 Å². The number of rotatable bonds is 7. The highest BCUT2D eigenvalue weighted by Crippen LogP contribution is 2.25. The SMILES string of the molecule is CC(C)CC(CNS(=O)(=O)c1ccc(Br)cc1Br)N(C)C. The normalized spacial score (nSPS) is 13.9. The molecule has 7 heteroatoms. The Balaban J connectivity index is 2.84. The topological polar surface area (TPSA) is 49.4 Å². The van der Waals surface area contributed by atoms with Crippen molar-refractivity contribution in [1.29, 1.82) is 0 Å². The van der Waals surface area contributed by atoms with Crippen LogP contribution in [0.1, 0.15) is 20.3 Å². The van der Waals surface area contributed by atoms with E-state index in [2.05, 4.69) is 55.3 Å². The molecule has 0 aliphatic carbocycles. The maximum absolute atomic E-state index is 12.4. The average Bonchev–Trinajstić information content (AvgIpc) is 2.33. The molecule has 21 heavy (non-hydrogen) atoms. The van der Waals surface area contributed by atoms with Gasteiger partial charge in [0.25, 0.3) is 0 Å². The van der Waals surface area contributed by atoms with E-state index in [0.29, 0.717) is 16.9 Å². The molecule has 0 aromatic heterocycles. The second kappa shape index (κ2) is 8.06. The molecule has 1 aromatic carbocycles. The molecule has 1 unspecified atom stereocenters. The van der Waals surface area contributed by atoms with E-state index in [1.165, 1.54) is 0 Å². The highest BCUT2D eigenvalue weighted by molar-refractivity contribution is 9.11. The van der Waals surface area contributed by atoms with Crippen LogP contribution in [0.25, 0.3) is 0 Å². The average molecular weight is 442 g/mol. The van der Waals surface area contributed by atoms with E-state index in [1.807, 2.05) is 14.1 Å². The summed E-state index contributed by atoms with van der Waals surface area (Å²) in [7, 11) is 0.422. The monoisotopic (exact) mass is 440 g/mol. The van der Waals surface area contributed by atoms with E-state index in [9.17, 15) is 8.42 Å². The van der Waals surface area contributed by atoms with Gasteiger partial charge in [-0.25, -0.2) is 13.1 Å². The van der Waals surface area contributed by atoms with E-state index in [-0.39, 0.29) is 10.9 Å². The standard InChI is InChI=1S/C14H22Br2N2O2S/c1-10(2)7-12(18(3)4)9-17-21(19,20)14-6-5-11(15)8-13(14)16/h5-6,8,10,12,17H,7,9H2,1-4H3. The molecule has 0 amide bonds. The lowest BCUT2D eigenvalue weighted by Gasteiger charge is -2.26. The first-order valence-corrected chi connectivity index (χ1v) is 9.81. The molecule has 1 N–H and O–H groups in total. The fraction of sp³-hybridized carbons (Fsp3) is 0.571. The zero-order valence-corrected chi connectivity index (χ0v) is 16.7. The van der Waals surface area contributed by atoms with Gasteiger partial charge < -0.3 is 4.90 Å². The lowest BCUT2D eigenvalue weighted by Crippen LogP contribution is -2.41. The predicted molar refractivity (Wildman–Crippen MR) is 94.0 cm³/mol. The van der Waals surface area contributed by atoms with Gasteiger partial charge in [0, 0.05) is 21.5 Å². The molecule has 0 radical (unpaired) electrons. The molecule has 1 rings (SSSR count). The molecule has 0 heterocycles. The Morgan fingerprint density at radius 2 is 1.86 bits per heavy atom. The molecule has 0 fully saturated rings. The van der Waals surface area contributed by atoms with E-state index in [0.717, 1.165) is 10.9 Å². The molecule has 120 valence electrons. The molecule has 0 saturated heterocycles. The van der Waals surface area contributed by atoms with Crippen LogP contribution in [0.15, 0.2) is 32.0 Å². The molecule has 1 atom stereocenters. The van der Waals surface area contributed by atoms with Crippen LogP contribution in [0.5, 0.6) is 0 Å². The summed E-state index contributed by atoms with van der Waals surface area (Å²) < 4.78 is 28.9.